The van der Waals surface area contributed by atoms with Crippen molar-refractivity contribution in [3.63, 3.8) is 0 Å². The molecule has 2 atom stereocenters. The van der Waals surface area contributed by atoms with Crippen molar-refractivity contribution in [2.45, 2.75) is 32.5 Å². The molecule has 1 aliphatic heterocycles. The zero-order valence-electron chi connectivity index (χ0n) is 14.6. The van der Waals surface area contributed by atoms with Gasteiger partial charge >= 0.3 is 0 Å². The largest absolute Gasteiger partial charge is 0.382 e. The summed E-state index contributed by atoms with van der Waals surface area (Å²) in [7, 11) is 1.74. The van der Waals surface area contributed by atoms with Gasteiger partial charge in [-0.3, -0.25) is 9.88 Å². The highest BCUT2D eigenvalue weighted by atomic mass is 16.5. The van der Waals surface area contributed by atoms with Crippen molar-refractivity contribution in [2.75, 3.05) is 25.5 Å². The molecule has 0 saturated carbocycles. The van der Waals surface area contributed by atoms with Crippen LogP contribution in [0.1, 0.15) is 24.6 Å². The number of hydrogen-bond acceptors (Lipinski definition) is 4. The molecule has 1 aliphatic rings. The molecule has 1 fully saturated rings. The summed E-state index contributed by atoms with van der Waals surface area (Å²) in [6, 6.07) is 15.2. The normalized spacial score (nSPS) is 21.6. The zero-order valence-corrected chi connectivity index (χ0v) is 14.6. The number of ether oxygens (including phenoxy) is 1. The van der Waals surface area contributed by atoms with Crippen LogP contribution in [0.2, 0.25) is 0 Å². The van der Waals surface area contributed by atoms with Gasteiger partial charge in [0.25, 0.3) is 0 Å². The van der Waals surface area contributed by atoms with Crippen LogP contribution in [-0.2, 0) is 17.9 Å². The van der Waals surface area contributed by atoms with Crippen molar-refractivity contribution in [1.82, 2.24) is 9.88 Å². The Labute approximate surface area is 144 Å². The lowest BCUT2D eigenvalue weighted by Crippen LogP contribution is -2.44. The minimum atomic E-state index is 0.516. The first-order chi connectivity index (χ1) is 11.7. The van der Waals surface area contributed by atoms with Crippen molar-refractivity contribution in [3.05, 3.63) is 59.9 Å². The third kappa shape index (κ3) is 4.56. The number of aromatic nitrogens is 1. The van der Waals surface area contributed by atoms with E-state index in [9.17, 15) is 0 Å². The van der Waals surface area contributed by atoms with E-state index >= 15 is 0 Å². The van der Waals surface area contributed by atoms with Gasteiger partial charge in [-0.25, -0.2) is 0 Å². The first-order valence-electron chi connectivity index (χ1n) is 8.71. The molecule has 0 unspecified atom stereocenters. The van der Waals surface area contributed by atoms with Gasteiger partial charge in [-0.05, 0) is 42.2 Å². The molecule has 0 spiro atoms. The molecular formula is C20H27N3O. The molecule has 0 amide bonds. The van der Waals surface area contributed by atoms with Gasteiger partial charge in [-0.15, -0.1) is 0 Å². The van der Waals surface area contributed by atoms with Crippen molar-refractivity contribution in [3.8, 4) is 0 Å². The number of hydrogen-bond donors (Lipinski definition) is 1. The summed E-state index contributed by atoms with van der Waals surface area (Å²) in [5, 5.41) is 3.72. The Kier molecular flexibility index (Phi) is 5.83. The molecular weight excluding hydrogens is 298 g/mol. The van der Waals surface area contributed by atoms with Crippen LogP contribution in [0.25, 0.3) is 0 Å². The number of likely N-dealkylation sites (tertiary alicyclic amines) is 1. The van der Waals surface area contributed by atoms with E-state index in [1.807, 2.05) is 12.3 Å². The van der Waals surface area contributed by atoms with Gasteiger partial charge in [0.1, 0.15) is 0 Å². The molecule has 3 rings (SSSR count). The van der Waals surface area contributed by atoms with Gasteiger partial charge in [0.05, 0.1) is 12.3 Å². The smallest absolute Gasteiger partial charge is 0.0713 e. The Morgan fingerprint density at radius 3 is 2.92 bits per heavy atom. The van der Waals surface area contributed by atoms with E-state index < -0.39 is 0 Å². The Bertz CT molecular complexity index is 632. The molecule has 1 aromatic carbocycles. The van der Waals surface area contributed by atoms with Gasteiger partial charge in [0.15, 0.2) is 0 Å². The molecule has 4 heteroatoms. The highest BCUT2D eigenvalue weighted by Gasteiger charge is 2.26. The first kappa shape index (κ1) is 16.9. The molecule has 24 heavy (non-hydrogen) atoms. The molecule has 0 aliphatic carbocycles. The van der Waals surface area contributed by atoms with Gasteiger partial charge in [-0.1, -0.05) is 25.1 Å². The maximum atomic E-state index is 5.22. The molecule has 2 aromatic rings. The molecule has 0 bridgehead atoms. The van der Waals surface area contributed by atoms with Crippen LogP contribution in [0.5, 0.6) is 0 Å². The van der Waals surface area contributed by atoms with Gasteiger partial charge in [-0.2, -0.15) is 0 Å². The molecule has 1 aromatic heterocycles. The fraction of sp³-hybridized carbons (Fsp3) is 0.450. The van der Waals surface area contributed by atoms with E-state index in [4.69, 9.17) is 4.74 Å². The van der Waals surface area contributed by atoms with E-state index in [1.54, 1.807) is 7.11 Å². The van der Waals surface area contributed by atoms with Crippen LogP contribution in [-0.4, -0.2) is 36.1 Å². The van der Waals surface area contributed by atoms with Crippen LogP contribution < -0.4 is 5.32 Å². The highest BCUT2D eigenvalue weighted by Crippen LogP contribution is 2.23. The van der Waals surface area contributed by atoms with E-state index in [2.05, 4.69) is 58.5 Å². The van der Waals surface area contributed by atoms with Crippen molar-refractivity contribution in [1.29, 1.82) is 0 Å². The molecule has 1 N–H and O–H groups in total. The number of piperidine rings is 1. The lowest BCUT2D eigenvalue weighted by Gasteiger charge is -2.37. The SMILES string of the molecule is COCc1cccc(N[C@@H]2CCN(Cc3ccccn3)C[C@H]2C)c1. The number of anilines is 1. The second-order valence-electron chi connectivity index (χ2n) is 6.71. The lowest BCUT2D eigenvalue weighted by atomic mass is 9.93. The Morgan fingerprint density at radius 2 is 2.17 bits per heavy atom. The maximum Gasteiger partial charge on any atom is 0.0713 e. The van der Waals surface area contributed by atoms with Crippen LogP contribution in [0, 0.1) is 5.92 Å². The van der Waals surface area contributed by atoms with E-state index in [1.165, 1.54) is 11.3 Å². The first-order valence-corrected chi connectivity index (χ1v) is 8.71. The number of rotatable bonds is 6. The molecule has 2 heterocycles. The summed E-state index contributed by atoms with van der Waals surface area (Å²) in [5.41, 5.74) is 3.56. The molecule has 4 nitrogen and oxygen atoms in total. The second-order valence-corrected chi connectivity index (χ2v) is 6.71. The Morgan fingerprint density at radius 1 is 1.25 bits per heavy atom. The van der Waals surface area contributed by atoms with Crippen LogP contribution in [0.15, 0.2) is 48.7 Å². The lowest BCUT2D eigenvalue weighted by molar-refractivity contribution is 0.163. The van der Waals surface area contributed by atoms with Crippen LogP contribution >= 0.6 is 0 Å². The van der Waals surface area contributed by atoms with Crippen molar-refractivity contribution in [2.24, 2.45) is 5.92 Å². The summed E-state index contributed by atoms with van der Waals surface area (Å²) in [6.07, 6.45) is 3.03. The predicted octanol–water partition coefficient (Wildman–Crippen LogP) is 3.55. The number of pyridine rings is 1. The van der Waals surface area contributed by atoms with Gasteiger partial charge < -0.3 is 10.1 Å². The average molecular weight is 325 g/mol. The quantitative estimate of drug-likeness (QED) is 0.881. The fourth-order valence-electron chi connectivity index (χ4n) is 3.44. The zero-order chi connectivity index (χ0) is 16.8. The van der Waals surface area contributed by atoms with Crippen LogP contribution in [0.4, 0.5) is 5.69 Å². The van der Waals surface area contributed by atoms with Crippen molar-refractivity contribution < 1.29 is 4.74 Å². The highest BCUT2D eigenvalue weighted by molar-refractivity contribution is 5.46. The summed E-state index contributed by atoms with van der Waals surface area (Å²) in [5.74, 6) is 0.605. The third-order valence-corrected chi connectivity index (χ3v) is 4.69. The summed E-state index contributed by atoms with van der Waals surface area (Å²) in [6.45, 7) is 6.15. The Hall–Kier alpha value is -1.91. The minimum absolute atomic E-state index is 0.516. The minimum Gasteiger partial charge on any atom is -0.382 e. The third-order valence-electron chi connectivity index (χ3n) is 4.69. The van der Waals surface area contributed by atoms with Gasteiger partial charge in [0.2, 0.25) is 0 Å². The number of nitrogens with zero attached hydrogens (tertiary/aromatic N) is 2. The van der Waals surface area contributed by atoms with Gasteiger partial charge in [0, 0.05) is 44.7 Å². The van der Waals surface area contributed by atoms with E-state index in [0.717, 1.165) is 31.7 Å². The summed E-state index contributed by atoms with van der Waals surface area (Å²) < 4.78 is 5.22. The Balaban J connectivity index is 1.55. The van der Waals surface area contributed by atoms with E-state index in [0.29, 0.717) is 18.6 Å². The van der Waals surface area contributed by atoms with Crippen LogP contribution in [0.3, 0.4) is 0 Å². The summed E-state index contributed by atoms with van der Waals surface area (Å²) in [4.78, 5) is 6.95. The average Bonchev–Trinajstić information content (AvgIpc) is 2.59. The van der Waals surface area contributed by atoms with Crippen molar-refractivity contribution >= 4 is 5.69 Å². The molecule has 0 radical (unpaired) electrons. The maximum absolute atomic E-state index is 5.22. The number of nitrogens with one attached hydrogen (secondary N) is 1. The number of methoxy groups -OCH3 is 1. The molecule has 1 saturated heterocycles. The predicted molar refractivity (Wildman–Crippen MR) is 97.9 cm³/mol. The van der Waals surface area contributed by atoms with E-state index in [-0.39, 0.29) is 0 Å². The summed E-state index contributed by atoms with van der Waals surface area (Å²) >= 11 is 0. The molecule has 128 valence electrons. The standard InChI is InChI=1S/C20H27N3O/c1-16-13-23(14-19-7-3-4-10-21-19)11-9-20(16)22-18-8-5-6-17(12-18)15-24-2/h3-8,10,12,16,20,22H,9,11,13-15H2,1-2H3/t16-,20-/m1/s1. The fourth-order valence-corrected chi connectivity index (χ4v) is 3.44. The monoisotopic (exact) mass is 325 g/mol. The number of benzene rings is 1. The topological polar surface area (TPSA) is 37.4 Å². The second kappa shape index (κ2) is 8.27.